The van der Waals surface area contributed by atoms with Gasteiger partial charge in [0.25, 0.3) is 0 Å². The van der Waals surface area contributed by atoms with Crippen molar-refractivity contribution in [3.8, 4) is 0 Å². The monoisotopic (exact) mass is 196 g/mol. The Morgan fingerprint density at radius 3 is 2.79 bits per heavy atom. The number of allylic oxidation sites excluding steroid dienone is 1. The van der Waals surface area contributed by atoms with Gasteiger partial charge in [0, 0.05) is 6.42 Å². The summed E-state index contributed by atoms with van der Waals surface area (Å²) in [6.07, 6.45) is 9.29. The molecule has 1 aliphatic rings. The minimum atomic E-state index is -0.657. The molecule has 2 nitrogen and oxygen atoms in total. The SMILES string of the molecule is C=CCC1CCCC(CCC(=O)O)C1. The highest BCUT2D eigenvalue weighted by molar-refractivity contribution is 5.66. The molecule has 1 aliphatic carbocycles. The summed E-state index contributed by atoms with van der Waals surface area (Å²) < 4.78 is 0. The predicted octanol–water partition coefficient (Wildman–Crippen LogP) is 3.23. The molecule has 2 atom stereocenters. The predicted molar refractivity (Wildman–Crippen MR) is 57.1 cm³/mol. The molecule has 1 fully saturated rings. The summed E-state index contributed by atoms with van der Waals surface area (Å²) in [6.45, 7) is 3.76. The summed E-state index contributed by atoms with van der Waals surface area (Å²) in [4.78, 5) is 10.4. The van der Waals surface area contributed by atoms with Crippen molar-refractivity contribution in [2.75, 3.05) is 0 Å². The Kier molecular flexibility index (Phi) is 4.71. The van der Waals surface area contributed by atoms with Crippen LogP contribution in [0.1, 0.15) is 44.9 Å². The molecule has 0 aliphatic heterocycles. The fourth-order valence-electron chi connectivity index (χ4n) is 2.44. The molecule has 80 valence electrons. The first kappa shape index (κ1) is 11.3. The van der Waals surface area contributed by atoms with Gasteiger partial charge in [-0.2, -0.15) is 0 Å². The van der Waals surface area contributed by atoms with Crippen molar-refractivity contribution < 1.29 is 9.90 Å². The van der Waals surface area contributed by atoms with Crippen LogP contribution in [0.5, 0.6) is 0 Å². The maximum absolute atomic E-state index is 10.4. The number of carbonyl (C=O) groups is 1. The van der Waals surface area contributed by atoms with E-state index >= 15 is 0 Å². The van der Waals surface area contributed by atoms with Gasteiger partial charge in [-0.3, -0.25) is 4.79 Å². The lowest BCUT2D eigenvalue weighted by atomic mass is 9.78. The smallest absolute Gasteiger partial charge is 0.303 e. The Balaban J connectivity index is 2.25. The molecule has 0 bridgehead atoms. The summed E-state index contributed by atoms with van der Waals surface area (Å²) in [6, 6.07) is 0. The lowest BCUT2D eigenvalue weighted by molar-refractivity contribution is -0.137. The Bertz CT molecular complexity index is 198. The minimum Gasteiger partial charge on any atom is -0.481 e. The van der Waals surface area contributed by atoms with Crippen molar-refractivity contribution in [3.05, 3.63) is 12.7 Å². The van der Waals surface area contributed by atoms with E-state index in [0.717, 1.165) is 18.8 Å². The quantitative estimate of drug-likeness (QED) is 0.685. The van der Waals surface area contributed by atoms with Crippen molar-refractivity contribution >= 4 is 5.97 Å². The zero-order valence-corrected chi connectivity index (χ0v) is 8.74. The van der Waals surface area contributed by atoms with Gasteiger partial charge >= 0.3 is 5.97 Å². The second-order valence-electron chi connectivity index (χ2n) is 4.36. The van der Waals surface area contributed by atoms with Gasteiger partial charge in [-0.15, -0.1) is 6.58 Å². The van der Waals surface area contributed by atoms with E-state index in [4.69, 9.17) is 5.11 Å². The fourth-order valence-corrected chi connectivity index (χ4v) is 2.44. The third-order valence-electron chi connectivity index (χ3n) is 3.16. The van der Waals surface area contributed by atoms with Crippen LogP contribution in [-0.2, 0) is 4.79 Å². The molecule has 0 aromatic carbocycles. The van der Waals surface area contributed by atoms with Crippen LogP contribution in [0.15, 0.2) is 12.7 Å². The standard InChI is InChI=1S/C12H20O2/c1-2-4-10-5-3-6-11(9-10)7-8-12(13)14/h2,10-11H,1,3-9H2,(H,13,14). The van der Waals surface area contributed by atoms with Crippen LogP contribution in [0, 0.1) is 11.8 Å². The van der Waals surface area contributed by atoms with E-state index in [0.29, 0.717) is 12.3 Å². The Hall–Kier alpha value is -0.790. The maximum Gasteiger partial charge on any atom is 0.303 e. The lowest BCUT2D eigenvalue weighted by Gasteiger charge is -2.28. The normalized spacial score (nSPS) is 27.1. The summed E-state index contributed by atoms with van der Waals surface area (Å²) in [5.74, 6) is 0.751. The molecule has 2 unspecified atom stereocenters. The first-order chi connectivity index (χ1) is 6.72. The van der Waals surface area contributed by atoms with Gasteiger partial charge in [0.1, 0.15) is 0 Å². The Morgan fingerprint density at radius 1 is 1.43 bits per heavy atom. The Labute approximate surface area is 86.0 Å². The number of hydrogen-bond donors (Lipinski definition) is 1. The van der Waals surface area contributed by atoms with Gasteiger partial charge in [0.15, 0.2) is 0 Å². The van der Waals surface area contributed by atoms with Crippen molar-refractivity contribution in [2.45, 2.75) is 44.9 Å². The molecule has 1 N–H and O–H groups in total. The van der Waals surface area contributed by atoms with Crippen LogP contribution in [0.2, 0.25) is 0 Å². The summed E-state index contributed by atoms with van der Waals surface area (Å²) in [7, 11) is 0. The first-order valence-corrected chi connectivity index (χ1v) is 5.55. The molecule has 0 amide bonds. The van der Waals surface area contributed by atoms with Crippen LogP contribution in [0.4, 0.5) is 0 Å². The van der Waals surface area contributed by atoms with E-state index in [1.165, 1.54) is 25.7 Å². The van der Waals surface area contributed by atoms with E-state index in [2.05, 4.69) is 6.58 Å². The van der Waals surface area contributed by atoms with Crippen molar-refractivity contribution in [3.63, 3.8) is 0 Å². The second kappa shape index (κ2) is 5.84. The van der Waals surface area contributed by atoms with E-state index < -0.39 is 5.97 Å². The van der Waals surface area contributed by atoms with Gasteiger partial charge in [0.05, 0.1) is 0 Å². The number of carboxylic acids is 1. The third kappa shape index (κ3) is 3.95. The Morgan fingerprint density at radius 2 is 2.14 bits per heavy atom. The summed E-state index contributed by atoms with van der Waals surface area (Å²) in [5, 5.41) is 8.60. The highest BCUT2D eigenvalue weighted by atomic mass is 16.4. The summed E-state index contributed by atoms with van der Waals surface area (Å²) >= 11 is 0. The minimum absolute atomic E-state index is 0.339. The van der Waals surface area contributed by atoms with Gasteiger partial charge in [-0.25, -0.2) is 0 Å². The van der Waals surface area contributed by atoms with Crippen molar-refractivity contribution in [2.24, 2.45) is 11.8 Å². The molecule has 0 aromatic rings. The highest BCUT2D eigenvalue weighted by Crippen LogP contribution is 2.33. The van der Waals surface area contributed by atoms with Gasteiger partial charge < -0.3 is 5.11 Å². The average molecular weight is 196 g/mol. The van der Waals surface area contributed by atoms with Crippen molar-refractivity contribution in [1.29, 1.82) is 0 Å². The molecule has 14 heavy (non-hydrogen) atoms. The van der Waals surface area contributed by atoms with E-state index in [-0.39, 0.29) is 0 Å². The summed E-state index contributed by atoms with van der Waals surface area (Å²) in [5.41, 5.74) is 0. The first-order valence-electron chi connectivity index (χ1n) is 5.55. The average Bonchev–Trinajstić information content (AvgIpc) is 2.16. The van der Waals surface area contributed by atoms with Crippen LogP contribution in [0.25, 0.3) is 0 Å². The van der Waals surface area contributed by atoms with Crippen LogP contribution < -0.4 is 0 Å². The number of rotatable bonds is 5. The molecule has 0 spiro atoms. The third-order valence-corrected chi connectivity index (χ3v) is 3.16. The van der Waals surface area contributed by atoms with E-state index in [1.807, 2.05) is 6.08 Å². The molecule has 2 heteroatoms. The number of carboxylic acid groups (broad SMARTS) is 1. The van der Waals surface area contributed by atoms with Gasteiger partial charge in [-0.1, -0.05) is 25.3 Å². The van der Waals surface area contributed by atoms with Crippen molar-refractivity contribution in [1.82, 2.24) is 0 Å². The topological polar surface area (TPSA) is 37.3 Å². The maximum atomic E-state index is 10.4. The zero-order valence-electron chi connectivity index (χ0n) is 8.74. The van der Waals surface area contributed by atoms with Crippen LogP contribution in [0.3, 0.4) is 0 Å². The molecule has 0 heterocycles. The highest BCUT2D eigenvalue weighted by Gasteiger charge is 2.21. The zero-order chi connectivity index (χ0) is 10.4. The number of hydrogen-bond acceptors (Lipinski definition) is 1. The molecule has 0 radical (unpaired) electrons. The lowest BCUT2D eigenvalue weighted by Crippen LogP contribution is -2.16. The molecule has 0 aromatic heterocycles. The van der Waals surface area contributed by atoms with Gasteiger partial charge in [0.2, 0.25) is 0 Å². The van der Waals surface area contributed by atoms with E-state index in [9.17, 15) is 4.79 Å². The molecule has 1 saturated carbocycles. The molecule has 0 saturated heterocycles. The number of aliphatic carboxylic acids is 1. The van der Waals surface area contributed by atoms with Crippen LogP contribution in [-0.4, -0.2) is 11.1 Å². The second-order valence-corrected chi connectivity index (χ2v) is 4.36. The molecule has 1 rings (SSSR count). The fraction of sp³-hybridized carbons (Fsp3) is 0.750. The molecular weight excluding hydrogens is 176 g/mol. The molecular formula is C12H20O2. The van der Waals surface area contributed by atoms with E-state index in [1.54, 1.807) is 0 Å². The largest absolute Gasteiger partial charge is 0.481 e. The van der Waals surface area contributed by atoms with Gasteiger partial charge in [-0.05, 0) is 31.1 Å². The van der Waals surface area contributed by atoms with Crippen LogP contribution >= 0.6 is 0 Å².